The molecule has 1 unspecified atom stereocenters. The molecule has 0 spiro atoms. The zero-order chi connectivity index (χ0) is 11.3. The summed E-state index contributed by atoms with van der Waals surface area (Å²) in [5.41, 5.74) is 0.845. The van der Waals surface area contributed by atoms with Crippen molar-refractivity contribution in [1.29, 1.82) is 0 Å². The van der Waals surface area contributed by atoms with Gasteiger partial charge < -0.3 is 5.11 Å². The van der Waals surface area contributed by atoms with Crippen molar-refractivity contribution in [2.75, 3.05) is 0 Å². The summed E-state index contributed by atoms with van der Waals surface area (Å²) in [6.45, 7) is 4.15. The molecule has 0 bridgehead atoms. The molecule has 0 aliphatic carbocycles. The lowest BCUT2D eigenvalue weighted by Gasteiger charge is -2.12. The fourth-order valence-corrected chi connectivity index (χ4v) is 1.59. The first-order valence-electron chi connectivity index (χ1n) is 5.35. The molecule has 1 heterocycles. The van der Waals surface area contributed by atoms with Gasteiger partial charge in [-0.2, -0.15) is 0 Å². The first kappa shape index (κ1) is 12.1. The third kappa shape index (κ3) is 4.88. The summed E-state index contributed by atoms with van der Waals surface area (Å²) in [6, 6.07) is 1.47. The Hall–Kier alpha value is -0.960. The van der Waals surface area contributed by atoms with Gasteiger partial charge in [0.1, 0.15) is 5.82 Å². The lowest BCUT2D eigenvalue weighted by atomic mass is 10.0. The second kappa shape index (κ2) is 5.81. The monoisotopic (exact) mass is 211 g/mol. The van der Waals surface area contributed by atoms with Gasteiger partial charge >= 0.3 is 0 Å². The van der Waals surface area contributed by atoms with Gasteiger partial charge in [-0.15, -0.1) is 0 Å². The topological polar surface area (TPSA) is 33.1 Å². The highest BCUT2D eigenvalue weighted by Crippen LogP contribution is 2.11. The molecule has 84 valence electrons. The molecule has 1 rings (SSSR count). The van der Waals surface area contributed by atoms with E-state index in [0.717, 1.165) is 12.0 Å². The molecule has 0 radical (unpaired) electrons. The predicted octanol–water partition coefficient (Wildman–Crippen LogP) is 2.56. The van der Waals surface area contributed by atoms with Gasteiger partial charge in [0.25, 0.3) is 0 Å². The van der Waals surface area contributed by atoms with Crippen molar-refractivity contribution in [3.63, 3.8) is 0 Å². The van der Waals surface area contributed by atoms with E-state index in [1.165, 1.54) is 12.3 Å². The molecule has 0 aromatic carbocycles. The van der Waals surface area contributed by atoms with E-state index >= 15 is 0 Å². The molecule has 2 nitrogen and oxygen atoms in total. The quantitative estimate of drug-likeness (QED) is 0.812. The van der Waals surface area contributed by atoms with Gasteiger partial charge in [-0.3, -0.25) is 4.98 Å². The highest BCUT2D eigenvalue weighted by molar-refractivity contribution is 5.10. The van der Waals surface area contributed by atoms with Crippen molar-refractivity contribution in [3.05, 3.63) is 29.8 Å². The summed E-state index contributed by atoms with van der Waals surface area (Å²) in [7, 11) is 0. The predicted molar refractivity (Wildman–Crippen MR) is 58.0 cm³/mol. The van der Waals surface area contributed by atoms with Crippen molar-refractivity contribution in [1.82, 2.24) is 4.98 Å². The molecular formula is C12H18FNO. The van der Waals surface area contributed by atoms with Gasteiger partial charge in [0, 0.05) is 6.20 Å². The molecule has 3 heteroatoms. The third-order valence-corrected chi connectivity index (χ3v) is 2.27. The average molecular weight is 211 g/mol. The Morgan fingerprint density at radius 1 is 1.40 bits per heavy atom. The van der Waals surface area contributed by atoms with E-state index in [-0.39, 0.29) is 11.9 Å². The highest BCUT2D eigenvalue weighted by Gasteiger charge is 2.07. The van der Waals surface area contributed by atoms with Crippen LogP contribution in [0.5, 0.6) is 0 Å². The molecule has 0 fully saturated rings. The molecule has 1 aromatic rings. The van der Waals surface area contributed by atoms with Crippen molar-refractivity contribution in [3.8, 4) is 0 Å². The summed E-state index contributed by atoms with van der Waals surface area (Å²) < 4.78 is 12.8. The summed E-state index contributed by atoms with van der Waals surface area (Å²) in [5.74, 6) is 0.177. The normalized spacial score (nSPS) is 13.1. The molecule has 15 heavy (non-hydrogen) atoms. The maximum Gasteiger partial charge on any atom is 0.141 e. The molecule has 0 amide bonds. The number of hydrogen-bond donors (Lipinski definition) is 1. The Balaban J connectivity index is 2.36. The maximum absolute atomic E-state index is 12.8. The first-order chi connectivity index (χ1) is 7.08. The summed E-state index contributed by atoms with van der Waals surface area (Å²) >= 11 is 0. The Morgan fingerprint density at radius 2 is 2.13 bits per heavy atom. The van der Waals surface area contributed by atoms with E-state index in [9.17, 15) is 9.50 Å². The van der Waals surface area contributed by atoms with Crippen LogP contribution >= 0.6 is 0 Å². The van der Waals surface area contributed by atoms with E-state index in [4.69, 9.17) is 0 Å². The van der Waals surface area contributed by atoms with Crippen molar-refractivity contribution >= 4 is 0 Å². The average Bonchev–Trinajstić information content (AvgIpc) is 2.14. The number of aryl methyl sites for hydroxylation is 1. The van der Waals surface area contributed by atoms with Crippen LogP contribution < -0.4 is 0 Å². The van der Waals surface area contributed by atoms with Crippen LogP contribution in [-0.4, -0.2) is 16.2 Å². The number of hydrogen-bond acceptors (Lipinski definition) is 2. The lowest BCUT2D eigenvalue weighted by Crippen LogP contribution is -2.11. The van der Waals surface area contributed by atoms with Crippen LogP contribution in [0, 0.1) is 11.7 Å². The van der Waals surface area contributed by atoms with Crippen molar-refractivity contribution < 1.29 is 9.50 Å². The largest absolute Gasteiger partial charge is 0.393 e. The lowest BCUT2D eigenvalue weighted by molar-refractivity contribution is 0.139. The van der Waals surface area contributed by atoms with E-state index < -0.39 is 0 Å². The third-order valence-electron chi connectivity index (χ3n) is 2.27. The minimum atomic E-state index is -0.314. The van der Waals surface area contributed by atoms with Gasteiger partial charge in [-0.1, -0.05) is 13.8 Å². The molecule has 1 aromatic heterocycles. The SMILES string of the molecule is CC(C)CC(O)CCc1cncc(F)c1. The van der Waals surface area contributed by atoms with Crippen molar-refractivity contribution in [2.45, 2.75) is 39.2 Å². The number of pyridine rings is 1. The van der Waals surface area contributed by atoms with E-state index in [2.05, 4.69) is 18.8 Å². The minimum absolute atomic E-state index is 0.298. The van der Waals surface area contributed by atoms with E-state index in [0.29, 0.717) is 18.8 Å². The number of aliphatic hydroxyl groups excluding tert-OH is 1. The number of nitrogens with zero attached hydrogens (tertiary/aromatic N) is 1. The van der Waals surface area contributed by atoms with Gasteiger partial charge in [0.05, 0.1) is 12.3 Å². The number of halogens is 1. The van der Waals surface area contributed by atoms with Crippen molar-refractivity contribution in [2.24, 2.45) is 5.92 Å². The zero-order valence-corrected chi connectivity index (χ0v) is 9.28. The van der Waals surface area contributed by atoms with Gasteiger partial charge in [-0.05, 0) is 36.8 Å². The number of aliphatic hydroxyl groups is 1. The Morgan fingerprint density at radius 3 is 2.73 bits per heavy atom. The Kier molecular flexibility index (Phi) is 4.69. The van der Waals surface area contributed by atoms with Gasteiger partial charge in [0.15, 0.2) is 0 Å². The van der Waals surface area contributed by atoms with Crippen LogP contribution in [0.4, 0.5) is 4.39 Å². The van der Waals surface area contributed by atoms with Crippen LogP contribution in [0.3, 0.4) is 0 Å². The highest BCUT2D eigenvalue weighted by atomic mass is 19.1. The second-order valence-corrected chi connectivity index (χ2v) is 4.33. The number of rotatable bonds is 5. The molecule has 0 aliphatic heterocycles. The molecular weight excluding hydrogens is 193 g/mol. The maximum atomic E-state index is 12.8. The molecule has 1 N–H and O–H groups in total. The molecule has 0 aliphatic rings. The van der Waals surface area contributed by atoms with E-state index in [1.807, 2.05) is 0 Å². The minimum Gasteiger partial charge on any atom is -0.393 e. The van der Waals surface area contributed by atoms with Crippen LogP contribution in [0.1, 0.15) is 32.3 Å². The summed E-state index contributed by atoms with van der Waals surface area (Å²) in [6.07, 6.45) is 4.68. The smallest absolute Gasteiger partial charge is 0.141 e. The van der Waals surface area contributed by atoms with Crippen LogP contribution in [0.15, 0.2) is 18.5 Å². The van der Waals surface area contributed by atoms with Crippen LogP contribution in [0.25, 0.3) is 0 Å². The van der Waals surface area contributed by atoms with E-state index in [1.54, 1.807) is 6.20 Å². The fraction of sp³-hybridized carbons (Fsp3) is 0.583. The zero-order valence-electron chi connectivity index (χ0n) is 9.28. The Labute approximate surface area is 90.2 Å². The standard InChI is InChI=1S/C12H18FNO/c1-9(2)5-12(15)4-3-10-6-11(13)8-14-7-10/h6-9,12,15H,3-5H2,1-2H3. The van der Waals surface area contributed by atoms with Crippen LogP contribution in [-0.2, 0) is 6.42 Å². The second-order valence-electron chi connectivity index (χ2n) is 4.33. The van der Waals surface area contributed by atoms with Gasteiger partial charge in [-0.25, -0.2) is 4.39 Å². The summed E-state index contributed by atoms with van der Waals surface area (Å²) in [4.78, 5) is 3.77. The van der Waals surface area contributed by atoms with Gasteiger partial charge in [0.2, 0.25) is 0 Å². The fourth-order valence-electron chi connectivity index (χ4n) is 1.59. The Bertz CT molecular complexity index is 301. The number of aromatic nitrogens is 1. The first-order valence-corrected chi connectivity index (χ1v) is 5.35. The molecule has 1 atom stereocenters. The molecule has 0 saturated carbocycles. The van der Waals surface area contributed by atoms with Crippen LogP contribution in [0.2, 0.25) is 0 Å². The molecule has 0 saturated heterocycles. The summed E-state index contributed by atoms with van der Waals surface area (Å²) in [5, 5.41) is 9.64.